The highest BCUT2D eigenvalue weighted by Gasteiger charge is 2.40. The fraction of sp³-hybridized carbons (Fsp3) is 0.364. The third-order valence-corrected chi connectivity index (χ3v) is 2.11. The van der Waals surface area contributed by atoms with E-state index < -0.39 is 18.2 Å². The van der Waals surface area contributed by atoms with Gasteiger partial charge < -0.3 is 10.5 Å². The van der Waals surface area contributed by atoms with E-state index in [0.29, 0.717) is 0 Å². The van der Waals surface area contributed by atoms with Crippen LogP contribution in [0.15, 0.2) is 30.3 Å². The molecule has 0 heterocycles. The molecule has 1 rings (SSSR count). The molecule has 0 aromatic heterocycles. The number of halogens is 1. The highest BCUT2D eigenvalue weighted by atomic mass is 19.1. The van der Waals surface area contributed by atoms with Crippen molar-refractivity contribution in [1.82, 2.24) is 0 Å². The summed E-state index contributed by atoms with van der Waals surface area (Å²) in [6.45, 7) is 1.34. The molecule has 0 radical (unpaired) electrons. The number of nitrogens with two attached hydrogens (primary N) is 1. The second kappa shape index (κ2) is 4.89. The summed E-state index contributed by atoms with van der Waals surface area (Å²) in [4.78, 5) is 11.4. The zero-order valence-electron chi connectivity index (χ0n) is 8.57. The first-order valence-electron chi connectivity index (χ1n) is 4.77. The van der Waals surface area contributed by atoms with Crippen LogP contribution in [0.1, 0.15) is 12.5 Å². The summed E-state index contributed by atoms with van der Waals surface area (Å²) in [5.74, 6) is -0.932. The predicted molar refractivity (Wildman–Crippen MR) is 54.9 cm³/mol. The lowest BCUT2D eigenvalue weighted by Gasteiger charge is -2.21. The van der Waals surface area contributed by atoms with E-state index in [1.54, 1.807) is 25.1 Å². The Morgan fingerprint density at radius 1 is 1.47 bits per heavy atom. The first-order chi connectivity index (χ1) is 7.15. The molecule has 0 saturated heterocycles. The van der Waals surface area contributed by atoms with Gasteiger partial charge in [-0.1, -0.05) is 30.3 Å². The van der Waals surface area contributed by atoms with E-state index in [-0.39, 0.29) is 12.2 Å². The van der Waals surface area contributed by atoms with E-state index in [2.05, 4.69) is 4.74 Å². The minimum absolute atomic E-state index is 0.136. The Morgan fingerprint density at radius 2 is 2.07 bits per heavy atom. The monoisotopic (exact) mass is 211 g/mol. The molecule has 0 bridgehead atoms. The normalized spacial score (nSPS) is 14.3. The smallest absolute Gasteiger partial charge is 0.349 e. The molecule has 1 aromatic rings. The second-order valence-corrected chi connectivity index (χ2v) is 3.09. The number of carbonyl (C=O) groups excluding carboxylic acids is 1. The molecule has 0 aliphatic carbocycles. The van der Waals surface area contributed by atoms with Crippen molar-refractivity contribution in [3.05, 3.63) is 35.9 Å². The molecular formula is C11H14FNO2. The first-order valence-corrected chi connectivity index (χ1v) is 4.77. The molecule has 82 valence electrons. The number of carbonyl (C=O) groups is 1. The maximum atomic E-state index is 14.2. The molecule has 15 heavy (non-hydrogen) atoms. The molecule has 0 aliphatic rings. The van der Waals surface area contributed by atoms with Crippen LogP contribution < -0.4 is 5.73 Å². The Balaban J connectivity index is 3.00. The zero-order valence-corrected chi connectivity index (χ0v) is 8.57. The van der Waals surface area contributed by atoms with E-state index in [1.165, 1.54) is 12.1 Å². The third kappa shape index (κ3) is 2.33. The molecule has 0 fully saturated rings. The van der Waals surface area contributed by atoms with Gasteiger partial charge in [-0.25, -0.2) is 9.18 Å². The Morgan fingerprint density at radius 3 is 2.53 bits per heavy atom. The summed E-state index contributed by atoms with van der Waals surface area (Å²) >= 11 is 0. The number of hydrogen-bond donors (Lipinski definition) is 1. The molecule has 0 amide bonds. The standard InChI is InChI=1S/C11H14FNO2/c1-2-15-10(14)11(12,8-13)9-6-4-3-5-7-9/h3-7H,2,8,13H2,1H3. The lowest BCUT2D eigenvalue weighted by Crippen LogP contribution is -2.40. The first kappa shape index (κ1) is 11.7. The van der Waals surface area contributed by atoms with Crippen LogP contribution in [0.4, 0.5) is 4.39 Å². The van der Waals surface area contributed by atoms with Gasteiger partial charge >= 0.3 is 5.97 Å². The van der Waals surface area contributed by atoms with Crippen molar-refractivity contribution in [3.8, 4) is 0 Å². The van der Waals surface area contributed by atoms with Crippen LogP contribution >= 0.6 is 0 Å². The van der Waals surface area contributed by atoms with Crippen molar-refractivity contribution in [2.75, 3.05) is 13.2 Å². The van der Waals surface area contributed by atoms with E-state index in [9.17, 15) is 9.18 Å². The lowest BCUT2D eigenvalue weighted by atomic mass is 9.96. The molecule has 1 atom stereocenters. The molecule has 0 saturated carbocycles. The van der Waals surface area contributed by atoms with Crippen molar-refractivity contribution in [1.29, 1.82) is 0 Å². The van der Waals surface area contributed by atoms with Crippen molar-refractivity contribution in [2.24, 2.45) is 5.73 Å². The number of ether oxygens (including phenoxy) is 1. The fourth-order valence-corrected chi connectivity index (χ4v) is 1.27. The molecule has 4 heteroatoms. The Bertz CT molecular complexity index is 329. The summed E-state index contributed by atoms with van der Waals surface area (Å²) in [6.07, 6.45) is 0. The van der Waals surface area contributed by atoms with E-state index in [0.717, 1.165) is 0 Å². The van der Waals surface area contributed by atoms with Gasteiger partial charge in [0.15, 0.2) is 0 Å². The zero-order chi connectivity index (χ0) is 11.3. The van der Waals surface area contributed by atoms with Crippen molar-refractivity contribution < 1.29 is 13.9 Å². The highest BCUT2D eigenvalue weighted by molar-refractivity contribution is 5.81. The van der Waals surface area contributed by atoms with Gasteiger partial charge in [-0.05, 0) is 6.92 Å². The summed E-state index contributed by atoms with van der Waals surface area (Å²) in [5, 5.41) is 0. The largest absolute Gasteiger partial charge is 0.463 e. The summed E-state index contributed by atoms with van der Waals surface area (Å²) in [5.41, 5.74) is 3.28. The van der Waals surface area contributed by atoms with Crippen LogP contribution in [0.3, 0.4) is 0 Å². The fourth-order valence-electron chi connectivity index (χ4n) is 1.27. The van der Waals surface area contributed by atoms with E-state index in [1.807, 2.05) is 0 Å². The average molecular weight is 211 g/mol. The van der Waals surface area contributed by atoms with Crippen molar-refractivity contribution in [2.45, 2.75) is 12.6 Å². The summed E-state index contributed by atoms with van der Waals surface area (Å²) in [6, 6.07) is 8.08. The molecular weight excluding hydrogens is 197 g/mol. The third-order valence-electron chi connectivity index (χ3n) is 2.11. The second-order valence-electron chi connectivity index (χ2n) is 3.09. The van der Waals surface area contributed by atoms with Gasteiger partial charge in [-0.15, -0.1) is 0 Å². The van der Waals surface area contributed by atoms with Crippen LogP contribution in [0.5, 0.6) is 0 Å². The van der Waals surface area contributed by atoms with Crippen LogP contribution in [-0.2, 0) is 15.2 Å². The Hall–Kier alpha value is -1.42. The minimum Gasteiger partial charge on any atom is -0.463 e. The van der Waals surface area contributed by atoms with Crippen LogP contribution in [0.2, 0.25) is 0 Å². The highest BCUT2D eigenvalue weighted by Crippen LogP contribution is 2.26. The van der Waals surface area contributed by atoms with Crippen LogP contribution in [0, 0.1) is 0 Å². The molecule has 3 nitrogen and oxygen atoms in total. The maximum Gasteiger partial charge on any atom is 0.349 e. The number of esters is 1. The molecule has 0 spiro atoms. The van der Waals surface area contributed by atoms with Gasteiger partial charge in [0.2, 0.25) is 5.67 Å². The van der Waals surface area contributed by atoms with Gasteiger partial charge in [0.1, 0.15) is 0 Å². The molecule has 2 N–H and O–H groups in total. The SMILES string of the molecule is CCOC(=O)C(F)(CN)c1ccccc1. The number of alkyl halides is 1. The van der Waals surface area contributed by atoms with Gasteiger partial charge in [0, 0.05) is 12.1 Å². The van der Waals surface area contributed by atoms with Crippen LogP contribution in [0.25, 0.3) is 0 Å². The van der Waals surface area contributed by atoms with Gasteiger partial charge in [0.25, 0.3) is 0 Å². The molecule has 1 aromatic carbocycles. The predicted octanol–water partition coefficient (Wildman–Crippen LogP) is 1.37. The van der Waals surface area contributed by atoms with E-state index in [4.69, 9.17) is 5.73 Å². The maximum absolute atomic E-state index is 14.2. The summed E-state index contributed by atoms with van der Waals surface area (Å²) < 4.78 is 18.9. The quantitative estimate of drug-likeness (QED) is 0.765. The minimum atomic E-state index is -2.24. The van der Waals surface area contributed by atoms with Gasteiger partial charge in [-0.2, -0.15) is 0 Å². The van der Waals surface area contributed by atoms with Gasteiger partial charge in [-0.3, -0.25) is 0 Å². The average Bonchev–Trinajstić information content (AvgIpc) is 2.29. The number of benzene rings is 1. The Kier molecular flexibility index (Phi) is 3.80. The topological polar surface area (TPSA) is 52.3 Å². The van der Waals surface area contributed by atoms with E-state index >= 15 is 0 Å². The summed E-state index contributed by atoms with van der Waals surface area (Å²) in [7, 11) is 0. The van der Waals surface area contributed by atoms with Gasteiger partial charge in [0.05, 0.1) is 6.61 Å². The Labute approximate surface area is 88.0 Å². The van der Waals surface area contributed by atoms with Crippen molar-refractivity contribution in [3.63, 3.8) is 0 Å². The molecule has 0 aliphatic heterocycles. The van der Waals surface area contributed by atoms with Crippen LogP contribution in [-0.4, -0.2) is 19.1 Å². The lowest BCUT2D eigenvalue weighted by molar-refractivity contribution is -0.157. The molecule has 1 unspecified atom stereocenters. The number of hydrogen-bond acceptors (Lipinski definition) is 3. The number of rotatable bonds is 4. The van der Waals surface area contributed by atoms with Crippen molar-refractivity contribution >= 4 is 5.97 Å².